The number of amides is 1. The smallest absolute Gasteiger partial charge is 0.233 e. The van der Waals surface area contributed by atoms with Crippen LogP contribution in [0.25, 0.3) is 0 Å². The lowest BCUT2D eigenvalue weighted by molar-refractivity contribution is -0.238. The minimum atomic E-state index is -0.543. The molecule has 1 aliphatic carbocycles. The van der Waals surface area contributed by atoms with Crippen molar-refractivity contribution in [2.75, 3.05) is 19.8 Å². The average Bonchev–Trinajstić information content (AvgIpc) is 3.38. The van der Waals surface area contributed by atoms with Crippen molar-refractivity contribution >= 4 is 5.91 Å². The molecule has 0 bridgehead atoms. The van der Waals surface area contributed by atoms with Crippen LogP contribution in [0.15, 0.2) is 40.9 Å². The molecule has 6 heteroatoms. The summed E-state index contributed by atoms with van der Waals surface area (Å²) in [6, 6.07) is 12.2. The minimum Gasteiger partial charge on any atom is -0.361 e. The molecule has 2 saturated heterocycles. The van der Waals surface area contributed by atoms with Crippen molar-refractivity contribution in [2.45, 2.75) is 50.9 Å². The van der Waals surface area contributed by atoms with E-state index in [-0.39, 0.29) is 17.7 Å². The number of piperidine rings is 1. The summed E-state index contributed by atoms with van der Waals surface area (Å²) in [5, 5.41) is 4.11. The highest BCUT2D eigenvalue weighted by atomic mass is 16.7. The van der Waals surface area contributed by atoms with E-state index in [4.69, 9.17) is 14.0 Å². The highest BCUT2D eigenvalue weighted by molar-refractivity contribution is 5.89. The fourth-order valence-electron chi connectivity index (χ4n) is 5.89. The molecule has 0 N–H and O–H groups in total. The molecule has 2 aliphatic heterocycles. The molecule has 0 radical (unpaired) electrons. The van der Waals surface area contributed by atoms with Crippen LogP contribution >= 0.6 is 0 Å². The lowest BCUT2D eigenvalue weighted by Gasteiger charge is -2.56. The number of hydrogen-bond donors (Lipinski definition) is 0. The number of carbonyl (C=O) groups is 1. The minimum absolute atomic E-state index is 0.152. The van der Waals surface area contributed by atoms with Crippen molar-refractivity contribution in [2.24, 2.45) is 11.8 Å². The summed E-state index contributed by atoms with van der Waals surface area (Å²) in [6.45, 7) is 6.56. The molecule has 6 nitrogen and oxygen atoms in total. The summed E-state index contributed by atoms with van der Waals surface area (Å²) >= 11 is 0. The Bertz CT molecular complexity index is 889. The first kappa shape index (κ1) is 18.8. The van der Waals surface area contributed by atoms with E-state index < -0.39 is 11.2 Å². The number of rotatable bonds is 3. The highest BCUT2D eigenvalue weighted by Crippen LogP contribution is 2.56. The normalized spacial score (nSPS) is 31.2. The van der Waals surface area contributed by atoms with Crippen LogP contribution in [0.2, 0.25) is 0 Å². The molecule has 3 fully saturated rings. The Labute approximate surface area is 171 Å². The molecule has 1 spiro atoms. The van der Waals surface area contributed by atoms with Gasteiger partial charge in [0.25, 0.3) is 0 Å². The predicted molar refractivity (Wildman–Crippen MR) is 106 cm³/mol. The fourth-order valence-corrected chi connectivity index (χ4v) is 5.89. The molecule has 3 aliphatic rings. The number of ether oxygens (including phenoxy) is 2. The standard InChI is InChI=1S/C23H28N2O4/c1-16-14-19(24-29-16)15-25-11-8-20-17(2)23(27-12-13-28-23)10-9-22(20,21(25)26)18-6-4-3-5-7-18/h3-7,14,17,20H,8-13,15H2,1-2H3/t17-,20-,22+/m0/s1. The number of nitrogens with zero attached hydrogens (tertiary/aromatic N) is 2. The van der Waals surface area contributed by atoms with Crippen molar-refractivity contribution < 1.29 is 18.8 Å². The summed E-state index contributed by atoms with van der Waals surface area (Å²) in [4.78, 5) is 16.0. The van der Waals surface area contributed by atoms with Crippen LogP contribution in [0.3, 0.4) is 0 Å². The second kappa shape index (κ2) is 6.96. The van der Waals surface area contributed by atoms with Gasteiger partial charge in [-0.3, -0.25) is 4.79 Å². The SMILES string of the molecule is Cc1cc(CN2CC[C@H]3[C@H](C)C4(CC[C@]3(c3ccccc3)C2=O)OCCO4)no1. The van der Waals surface area contributed by atoms with E-state index in [0.717, 1.165) is 36.3 Å². The number of aryl methyl sites for hydroxylation is 1. The number of carbonyl (C=O) groups excluding carboxylic acids is 1. The molecule has 1 aromatic heterocycles. The van der Waals surface area contributed by atoms with Crippen LogP contribution in [0.5, 0.6) is 0 Å². The first-order chi connectivity index (χ1) is 14.1. The Morgan fingerprint density at radius 3 is 2.62 bits per heavy atom. The van der Waals surface area contributed by atoms with E-state index >= 15 is 0 Å². The molecule has 3 heterocycles. The Kier molecular flexibility index (Phi) is 4.51. The van der Waals surface area contributed by atoms with E-state index in [9.17, 15) is 4.79 Å². The third-order valence-electron chi connectivity index (χ3n) is 7.27. The van der Waals surface area contributed by atoms with Gasteiger partial charge in [0, 0.05) is 24.9 Å². The third kappa shape index (κ3) is 2.84. The van der Waals surface area contributed by atoms with Gasteiger partial charge in [0.05, 0.1) is 25.2 Å². The van der Waals surface area contributed by atoms with Crippen molar-refractivity contribution in [3.05, 3.63) is 53.4 Å². The number of likely N-dealkylation sites (tertiary alicyclic amines) is 1. The van der Waals surface area contributed by atoms with E-state index in [1.54, 1.807) is 0 Å². The summed E-state index contributed by atoms with van der Waals surface area (Å²) in [6.07, 6.45) is 2.40. The van der Waals surface area contributed by atoms with Crippen LogP contribution in [0, 0.1) is 18.8 Å². The second-order valence-corrected chi connectivity index (χ2v) is 8.69. The molecule has 1 saturated carbocycles. The van der Waals surface area contributed by atoms with Crippen LogP contribution in [-0.4, -0.2) is 41.5 Å². The Balaban J connectivity index is 1.53. The van der Waals surface area contributed by atoms with Gasteiger partial charge < -0.3 is 18.9 Å². The van der Waals surface area contributed by atoms with Crippen molar-refractivity contribution in [3.8, 4) is 0 Å². The molecule has 3 atom stereocenters. The summed E-state index contributed by atoms with van der Waals surface area (Å²) in [5.41, 5.74) is 1.37. The van der Waals surface area contributed by atoms with Crippen molar-refractivity contribution in [1.29, 1.82) is 0 Å². The molecule has 1 aromatic carbocycles. The topological polar surface area (TPSA) is 64.8 Å². The first-order valence-electron chi connectivity index (χ1n) is 10.6. The largest absolute Gasteiger partial charge is 0.361 e. The van der Waals surface area contributed by atoms with Gasteiger partial charge in [0.15, 0.2) is 5.79 Å². The van der Waals surface area contributed by atoms with Gasteiger partial charge in [-0.25, -0.2) is 0 Å². The quantitative estimate of drug-likeness (QED) is 0.795. The zero-order valence-electron chi connectivity index (χ0n) is 17.1. The van der Waals surface area contributed by atoms with Gasteiger partial charge in [-0.05, 0) is 31.2 Å². The monoisotopic (exact) mass is 396 g/mol. The lowest BCUT2D eigenvalue weighted by atomic mass is 9.54. The van der Waals surface area contributed by atoms with E-state index in [1.165, 1.54) is 0 Å². The van der Waals surface area contributed by atoms with Gasteiger partial charge in [-0.1, -0.05) is 42.4 Å². The maximum Gasteiger partial charge on any atom is 0.233 e. The van der Waals surface area contributed by atoms with Gasteiger partial charge in [0.1, 0.15) is 11.5 Å². The lowest BCUT2D eigenvalue weighted by Crippen LogP contribution is -2.64. The zero-order valence-corrected chi connectivity index (χ0v) is 17.1. The summed E-state index contributed by atoms with van der Waals surface area (Å²) < 4.78 is 17.4. The van der Waals surface area contributed by atoms with E-state index in [2.05, 4.69) is 24.2 Å². The number of fused-ring (bicyclic) bond motifs is 1. The zero-order chi connectivity index (χ0) is 20.1. The molecule has 5 rings (SSSR count). The number of aromatic nitrogens is 1. The Hall–Kier alpha value is -2.18. The van der Waals surface area contributed by atoms with Gasteiger partial charge in [-0.15, -0.1) is 0 Å². The van der Waals surface area contributed by atoms with Crippen molar-refractivity contribution in [1.82, 2.24) is 10.1 Å². The van der Waals surface area contributed by atoms with E-state index in [0.29, 0.717) is 26.3 Å². The van der Waals surface area contributed by atoms with Crippen LogP contribution in [-0.2, 0) is 26.2 Å². The molecule has 2 aromatic rings. The molecular weight excluding hydrogens is 368 g/mol. The second-order valence-electron chi connectivity index (χ2n) is 8.69. The van der Waals surface area contributed by atoms with Crippen LogP contribution < -0.4 is 0 Å². The molecule has 154 valence electrons. The summed E-state index contributed by atoms with van der Waals surface area (Å²) in [7, 11) is 0. The molecule has 1 amide bonds. The van der Waals surface area contributed by atoms with E-state index in [1.807, 2.05) is 36.1 Å². The molecule has 0 unspecified atom stereocenters. The maximum absolute atomic E-state index is 14.0. The van der Waals surface area contributed by atoms with Crippen LogP contribution in [0.4, 0.5) is 0 Å². The molecule has 29 heavy (non-hydrogen) atoms. The van der Waals surface area contributed by atoms with Crippen molar-refractivity contribution in [3.63, 3.8) is 0 Å². The average molecular weight is 396 g/mol. The highest BCUT2D eigenvalue weighted by Gasteiger charge is 2.62. The fraction of sp³-hybridized carbons (Fsp3) is 0.565. The maximum atomic E-state index is 14.0. The van der Waals surface area contributed by atoms with Gasteiger partial charge >= 0.3 is 0 Å². The summed E-state index contributed by atoms with van der Waals surface area (Å²) in [5.74, 6) is 0.761. The van der Waals surface area contributed by atoms with Crippen LogP contribution in [0.1, 0.15) is 43.2 Å². The van der Waals surface area contributed by atoms with Gasteiger partial charge in [-0.2, -0.15) is 0 Å². The number of hydrogen-bond acceptors (Lipinski definition) is 5. The van der Waals surface area contributed by atoms with Gasteiger partial charge in [0.2, 0.25) is 5.91 Å². The Morgan fingerprint density at radius 2 is 1.93 bits per heavy atom. The first-order valence-corrected chi connectivity index (χ1v) is 10.6. The number of benzene rings is 1. The third-order valence-corrected chi connectivity index (χ3v) is 7.27. The predicted octanol–water partition coefficient (Wildman–Crippen LogP) is 3.44. The molecular formula is C23H28N2O4. The Morgan fingerprint density at radius 1 is 1.17 bits per heavy atom.